The summed E-state index contributed by atoms with van der Waals surface area (Å²) in [6.07, 6.45) is 2.96. The molecule has 0 spiro atoms. The molecule has 0 aliphatic rings. The fraction of sp³-hybridized carbons (Fsp3) is 0.462. The summed E-state index contributed by atoms with van der Waals surface area (Å²) < 4.78 is 0. The van der Waals surface area contributed by atoms with E-state index in [0.29, 0.717) is 0 Å². The first-order chi connectivity index (χ1) is 7.77. The minimum absolute atomic E-state index is 0.274. The smallest absolute Gasteiger partial charge is 0.0994 e. The van der Waals surface area contributed by atoms with Gasteiger partial charge in [0.2, 0.25) is 0 Å². The second-order valence-corrected chi connectivity index (χ2v) is 3.85. The Labute approximate surface area is 96.7 Å². The average molecular weight is 218 g/mol. The molecule has 3 nitrogen and oxygen atoms in total. The van der Waals surface area contributed by atoms with Crippen LogP contribution in [0.15, 0.2) is 18.2 Å². The van der Waals surface area contributed by atoms with Crippen LogP contribution in [0.2, 0.25) is 0 Å². The Bertz CT molecular complexity index is 369. The highest BCUT2D eigenvalue weighted by Crippen LogP contribution is 2.14. The molecule has 1 aromatic rings. The number of unbranched alkanes of at least 4 members (excludes halogenated alkanes) is 2. The molecule has 0 atom stereocenters. The van der Waals surface area contributed by atoms with E-state index in [4.69, 9.17) is 10.4 Å². The van der Waals surface area contributed by atoms with E-state index in [1.165, 1.54) is 0 Å². The van der Waals surface area contributed by atoms with Crippen molar-refractivity contribution in [3.63, 3.8) is 0 Å². The van der Waals surface area contributed by atoms with Gasteiger partial charge in [0.1, 0.15) is 0 Å². The predicted molar refractivity (Wildman–Crippen MR) is 65.3 cm³/mol. The molecule has 0 heterocycles. The van der Waals surface area contributed by atoms with Gasteiger partial charge in [-0.2, -0.15) is 5.26 Å². The Morgan fingerprint density at radius 2 is 2.12 bits per heavy atom. The lowest BCUT2D eigenvalue weighted by Gasteiger charge is -2.07. The lowest BCUT2D eigenvalue weighted by molar-refractivity contribution is 0.283. The molecule has 0 aliphatic carbocycles. The zero-order valence-electron chi connectivity index (χ0n) is 9.66. The number of benzene rings is 1. The maximum Gasteiger partial charge on any atom is 0.0994 e. The highest BCUT2D eigenvalue weighted by molar-refractivity contribution is 5.51. The predicted octanol–water partition coefficient (Wildman–Crippen LogP) is 2.44. The van der Waals surface area contributed by atoms with E-state index < -0.39 is 0 Å². The summed E-state index contributed by atoms with van der Waals surface area (Å²) >= 11 is 0. The molecule has 86 valence electrons. The summed E-state index contributed by atoms with van der Waals surface area (Å²) in [5, 5.41) is 20.7. The molecule has 0 fully saturated rings. The number of hydrogen-bond donors (Lipinski definition) is 2. The number of hydrogen-bond acceptors (Lipinski definition) is 3. The number of nitrogens with one attached hydrogen (secondary N) is 1. The first-order valence-electron chi connectivity index (χ1n) is 5.63. The third kappa shape index (κ3) is 3.92. The molecule has 0 bridgehead atoms. The molecule has 0 radical (unpaired) electrons. The van der Waals surface area contributed by atoms with E-state index in [0.717, 1.165) is 42.6 Å². The van der Waals surface area contributed by atoms with Gasteiger partial charge in [0.05, 0.1) is 11.6 Å². The Morgan fingerprint density at radius 1 is 1.31 bits per heavy atom. The summed E-state index contributed by atoms with van der Waals surface area (Å²) in [6, 6.07) is 7.91. The standard InChI is InChI=1S/C13H18N2O/c1-11-9-13(6-5-12(11)10-14)15-7-3-2-4-8-16/h5-6,9,15-16H,2-4,7-8H2,1H3. The second-order valence-electron chi connectivity index (χ2n) is 3.85. The van der Waals surface area contributed by atoms with Crippen molar-refractivity contribution in [2.45, 2.75) is 26.2 Å². The normalized spacial score (nSPS) is 9.81. The lowest BCUT2D eigenvalue weighted by Crippen LogP contribution is -2.02. The molecule has 0 amide bonds. The van der Waals surface area contributed by atoms with Gasteiger partial charge in [-0.05, 0) is 49.9 Å². The molecule has 0 aromatic heterocycles. The third-order valence-corrected chi connectivity index (χ3v) is 2.51. The van der Waals surface area contributed by atoms with E-state index in [2.05, 4.69) is 11.4 Å². The minimum atomic E-state index is 0.274. The van der Waals surface area contributed by atoms with Crippen molar-refractivity contribution < 1.29 is 5.11 Å². The van der Waals surface area contributed by atoms with Crippen LogP contribution in [0.4, 0.5) is 5.69 Å². The minimum Gasteiger partial charge on any atom is -0.396 e. The molecule has 0 saturated heterocycles. The summed E-state index contributed by atoms with van der Waals surface area (Å²) in [5.41, 5.74) is 2.79. The topological polar surface area (TPSA) is 56.0 Å². The number of rotatable bonds is 6. The van der Waals surface area contributed by atoms with Gasteiger partial charge < -0.3 is 10.4 Å². The van der Waals surface area contributed by atoms with Crippen LogP contribution in [0.25, 0.3) is 0 Å². The molecular weight excluding hydrogens is 200 g/mol. The molecule has 2 N–H and O–H groups in total. The van der Waals surface area contributed by atoms with Crippen LogP contribution in [0.1, 0.15) is 30.4 Å². The number of aliphatic hydroxyl groups is 1. The van der Waals surface area contributed by atoms with Gasteiger partial charge in [-0.25, -0.2) is 0 Å². The third-order valence-electron chi connectivity index (χ3n) is 2.51. The SMILES string of the molecule is Cc1cc(NCCCCCO)ccc1C#N. The summed E-state index contributed by atoms with van der Waals surface area (Å²) in [5.74, 6) is 0. The fourth-order valence-corrected chi connectivity index (χ4v) is 1.55. The molecular formula is C13H18N2O. The van der Waals surface area contributed by atoms with Crippen LogP contribution in [0, 0.1) is 18.3 Å². The van der Waals surface area contributed by atoms with Crippen molar-refractivity contribution in [2.24, 2.45) is 0 Å². The van der Waals surface area contributed by atoms with Gasteiger partial charge >= 0.3 is 0 Å². The van der Waals surface area contributed by atoms with Gasteiger partial charge in [0, 0.05) is 18.8 Å². The Morgan fingerprint density at radius 3 is 2.75 bits per heavy atom. The van der Waals surface area contributed by atoms with Gasteiger partial charge in [-0.15, -0.1) is 0 Å². The highest BCUT2D eigenvalue weighted by atomic mass is 16.2. The van der Waals surface area contributed by atoms with E-state index in [1.807, 2.05) is 25.1 Å². The molecule has 1 aromatic carbocycles. The van der Waals surface area contributed by atoms with Gasteiger partial charge in [-0.3, -0.25) is 0 Å². The quantitative estimate of drug-likeness (QED) is 0.721. The van der Waals surface area contributed by atoms with Crippen LogP contribution in [0.5, 0.6) is 0 Å². The molecule has 0 saturated carbocycles. The van der Waals surface area contributed by atoms with E-state index in [1.54, 1.807) is 0 Å². The van der Waals surface area contributed by atoms with Crippen molar-refractivity contribution in [3.8, 4) is 6.07 Å². The molecule has 0 aliphatic heterocycles. The Hall–Kier alpha value is -1.53. The summed E-state index contributed by atoms with van der Waals surface area (Å²) in [4.78, 5) is 0. The molecule has 3 heteroatoms. The Balaban J connectivity index is 2.38. The van der Waals surface area contributed by atoms with Crippen LogP contribution in [-0.4, -0.2) is 18.3 Å². The van der Waals surface area contributed by atoms with E-state index in [-0.39, 0.29) is 6.61 Å². The van der Waals surface area contributed by atoms with Crippen molar-refractivity contribution in [1.29, 1.82) is 5.26 Å². The van der Waals surface area contributed by atoms with Gasteiger partial charge in [0.25, 0.3) is 0 Å². The summed E-state index contributed by atoms with van der Waals surface area (Å²) in [6.45, 7) is 3.12. The van der Waals surface area contributed by atoms with Crippen LogP contribution < -0.4 is 5.32 Å². The average Bonchev–Trinajstić information content (AvgIpc) is 2.29. The fourth-order valence-electron chi connectivity index (χ4n) is 1.55. The van der Waals surface area contributed by atoms with Crippen molar-refractivity contribution >= 4 is 5.69 Å². The maximum absolute atomic E-state index is 8.79. The number of nitrogens with zero attached hydrogens (tertiary/aromatic N) is 1. The zero-order chi connectivity index (χ0) is 11.8. The number of aryl methyl sites for hydroxylation is 1. The first-order valence-corrected chi connectivity index (χ1v) is 5.63. The number of aliphatic hydroxyl groups excluding tert-OH is 1. The first kappa shape index (κ1) is 12.5. The monoisotopic (exact) mass is 218 g/mol. The zero-order valence-corrected chi connectivity index (χ0v) is 9.66. The number of anilines is 1. The Kier molecular flexibility index (Phi) is 5.38. The van der Waals surface area contributed by atoms with Crippen LogP contribution in [0.3, 0.4) is 0 Å². The van der Waals surface area contributed by atoms with E-state index in [9.17, 15) is 0 Å². The molecule has 0 unspecified atom stereocenters. The largest absolute Gasteiger partial charge is 0.396 e. The maximum atomic E-state index is 8.79. The van der Waals surface area contributed by atoms with Crippen LogP contribution >= 0.6 is 0 Å². The van der Waals surface area contributed by atoms with Gasteiger partial charge in [-0.1, -0.05) is 0 Å². The number of nitriles is 1. The van der Waals surface area contributed by atoms with Gasteiger partial charge in [0.15, 0.2) is 0 Å². The summed E-state index contributed by atoms with van der Waals surface area (Å²) in [7, 11) is 0. The highest BCUT2D eigenvalue weighted by Gasteiger charge is 1.98. The van der Waals surface area contributed by atoms with Crippen molar-refractivity contribution in [3.05, 3.63) is 29.3 Å². The van der Waals surface area contributed by atoms with Crippen molar-refractivity contribution in [2.75, 3.05) is 18.5 Å². The lowest BCUT2D eigenvalue weighted by atomic mass is 10.1. The van der Waals surface area contributed by atoms with Crippen molar-refractivity contribution in [1.82, 2.24) is 0 Å². The molecule has 16 heavy (non-hydrogen) atoms. The molecule has 1 rings (SSSR count). The van der Waals surface area contributed by atoms with E-state index >= 15 is 0 Å². The van der Waals surface area contributed by atoms with Crippen LogP contribution in [-0.2, 0) is 0 Å². The second kappa shape index (κ2) is 6.86.